The number of carbonyl (C=O) groups excluding carboxylic acids is 1. The summed E-state index contributed by atoms with van der Waals surface area (Å²) < 4.78 is 0. The van der Waals surface area contributed by atoms with Crippen molar-refractivity contribution in [1.82, 2.24) is 10.6 Å². The van der Waals surface area contributed by atoms with E-state index >= 15 is 0 Å². The molecule has 2 unspecified atom stereocenters. The first kappa shape index (κ1) is 11.7. The van der Waals surface area contributed by atoms with Crippen molar-refractivity contribution in [1.29, 1.82) is 0 Å². The Labute approximate surface area is 108 Å². The second kappa shape index (κ2) is 5.11. The second-order valence-electron chi connectivity index (χ2n) is 5.41. The highest BCUT2D eigenvalue weighted by molar-refractivity contribution is 5.77. The lowest BCUT2D eigenvalue weighted by atomic mass is 10.1. The summed E-state index contributed by atoms with van der Waals surface area (Å²) >= 11 is 0. The third kappa shape index (κ3) is 3.10. The van der Waals surface area contributed by atoms with Crippen LogP contribution in [0.25, 0.3) is 0 Å². The van der Waals surface area contributed by atoms with Gasteiger partial charge in [0.25, 0.3) is 0 Å². The average molecular weight is 244 g/mol. The van der Waals surface area contributed by atoms with Crippen molar-refractivity contribution in [2.75, 3.05) is 6.54 Å². The van der Waals surface area contributed by atoms with Gasteiger partial charge < -0.3 is 10.6 Å². The Morgan fingerprint density at radius 2 is 2.00 bits per heavy atom. The van der Waals surface area contributed by atoms with Gasteiger partial charge in [-0.05, 0) is 24.8 Å². The molecule has 1 amide bonds. The predicted octanol–water partition coefficient (Wildman–Crippen LogP) is 1.80. The Balaban J connectivity index is 1.37. The van der Waals surface area contributed by atoms with Crippen molar-refractivity contribution < 1.29 is 4.79 Å². The number of nitrogens with one attached hydrogen (secondary N) is 2. The maximum atomic E-state index is 11.7. The minimum absolute atomic E-state index is 0.187. The Hall–Kier alpha value is -1.35. The normalized spacial score (nSPS) is 25.8. The van der Waals surface area contributed by atoms with E-state index in [-0.39, 0.29) is 5.91 Å². The minimum atomic E-state index is 0.187. The van der Waals surface area contributed by atoms with Crippen LogP contribution in [-0.2, 0) is 4.79 Å². The lowest BCUT2D eigenvalue weighted by Gasteiger charge is -2.05. The first-order valence-electron chi connectivity index (χ1n) is 6.90. The molecule has 2 N–H and O–H groups in total. The van der Waals surface area contributed by atoms with Crippen LogP contribution in [0.5, 0.6) is 0 Å². The molecule has 0 spiro atoms. The zero-order valence-corrected chi connectivity index (χ0v) is 10.6. The Morgan fingerprint density at radius 3 is 2.72 bits per heavy atom. The van der Waals surface area contributed by atoms with E-state index in [2.05, 4.69) is 34.9 Å². The van der Waals surface area contributed by atoms with Crippen LogP contribution in [0.4, 0.5) is 0 Å². The quantitative estimate of drug-likeness (QED) is 0.801. The van der Waals surface area contributed by atoms with Crippen LogP contribution >= 0.6 is 0 Å². The van der Waals surface area contributed by atoms with E-state index in [1.165, 1.54) is 18.4 Å². The van der Waals surface area contributed by atoms with Gasteiger partial charge in [-0.1, -0.05) is 30.3 Å². The Kier molecular flexibility index (Phi) is 3.33. The molecule has 0 aliphatic heterocycles. The highest BCUT2D eigenvalue weighted by Gasteiger charge is 2.39. The van der Waals surface area contributed by atoms with E-state index in [4.69, 9.17) is 0 Å². The van der Waals surface area contributed by atoms with Crippen molar-refractivity contribution in [3.63, 3.8) is 0 Å². The standard InChI is InChI=1S/C15H20N2O/c18-15(8-9-16-12-6-7-12)17-14-10-13(14)11-4-2-1-3-5-11/h1-5,12-14,16H,6-10H2,(H,17,18). The lowest BCUT2D eigenvalue weighted by molar-refractivity contribution is -0.121. The fraction of sp³-hybridized carbons (Fsp3) is 0.533. The molecule has 3 heteroatoms. The van der Waals surface area contributed by atoms with Crippen LogP contribution in [0.15, 0.2) is 30.3 Å². The highest BCUT2D eigenvalue weighted by Crippen LogP contribution is 2.40. The van der Waals surface area contributed by atoms with E-state index in [9.17, 15) is 4.79 Å². The summed E-state index contributed by atoms with van der Waals surface area (Å²) in [7, 11) is 0. The summed E-state index contributed by atoms with van der Waals surface area (Å²) in [6.07, 6.45) is 4.25. The third-order valence-electron chi connectivity index (χ3n) is 3.73. The summed E-state index contributed by atoms with van der Waals surface area (Å²) in [5, 5.41) is 6.48. The van der Waals surface area contributed by atoms with E-state index in [0.717, 1.165) is 13.0 Å². The Bertz CT molecular complexity index is 414. The molecule has 1 aromatic carbocycles. The summed E-state index contributed by atoms with van der Waals surface area (Å²) in [5.41, 5.74) is 1.35. The molecule has 0 aromatic heterocycles. The summed E-state index contributed by atoms with van der Waals surface area (Å²) in [4.78, 5) is 11.7. The van der Waals surface area contributed by atoms with E-state index in [0.29, 0.717) is 24.4 Å². The van der Waals surface area contributed by atoms with Crippen molar-refractivity contribution in [2.24, 2.45) is 0 Å². The molecule has 3 nitrogen and oxygen atoms in total. The first-order valence-corrected chi connectivity index (χ1v) is 6.90. The smallest absolute Gasteiger partial charge is 0.221 e. The topological polar surface area (TPSA) is 41.1 Å². The zero-order chi connectivity index (χ0) is 12.4. The molecule has 0 saturated heterocycles. The molecular formula is C15H20N2O. The van der Waals surface area contributed by atoms with Gasteiger partial charge in [-0.25, -0.2) is 0 Å². The summed E-state index contributed by atoms with van der Waals surface area (Å²) in [6.45, 7) is 0.819. The summed E-state index contributed by atoms with van der Waals surface area (Å²) in [5.74, 6) is 0.720. The monoisotopic (exact) mass is 244 g/mol. The number of carbonyl (C=O) groups is 1. The van der Waals surface area contributed by atoms with Crippen LogP contribution in [0.3, 0.4) is 0 Å². The van der Waals surface area contributed by atoms with Crippen LogP contribution in [0, 0.1) is 0 Å². The summed E-state index contributed by atoms with van der Waals surface area (Å²) in [6, 6.07) is 11.5. The van der Waals surface area contributed by atoms with Crippen molar-refractivity contribution in [3.8, 4) is 0 Å². The van der Waals surface area contributed by atoms with Gasteiger partial charge in [0.2, 0.25) is 5.91 Å². The van der Waals surface area contributed by atoms with Crippen molar-refractivity contribution in [2.45, 2.75) is 43.7 Å². The molecule has 1 aromatic rings. The van der Waals surface area contributed by atoms with E-state index in [1.807, 2.05) is 6.07 Å². The predicted molar refractivity (Wildman–Crippen MR) is 71.4 cm³/mol. The van der Waals surface area contributed by atoms with E-state index in [1.54, 1.807) is 0 Å². The third-order valence-corrected chi connectivity index (χ3v) is 3.73. The average Bonchev–Trinajstić information content (AvgIpc) is 3.26. The largest absolute Gasteiger partial charge is 0.353 e. The molecule has 0 radical (unpaired) electrons. The van der Waals surface area contributed by atoms with E-state index < -0.39 is 0 Å². The van der Waals surface area contributed by atoms with Gasteiger partial charge >= 0.3 is 0 Å². The highest BCUT2D eigenvalue weighted by atomic mass is 16.1. The van der Waals surface area contributed by atoms with Crippen molar-refractivity contribution in [3.05, 3.63) is 35.9 Å². The molecule has 2 fully saturated rings. The number of amides is 1. The van der Waals surface area contributed by atoms with Gasteiger partial charge in [0, 0.05) is 31.0 Å². The van der Waals surface area contributed by atoms with Crippen LogP contribution in [0.2, 0.25) is 0 Å². The molecule has 2 aliphatic rings. The molecule has 0 heterocycles. The molecule has 2 aliphatic carbocycles. The second-order valence-corrected chi connectivity index (χ2v) is 5.41. The lowest BCUT2D eigenvalue weighted by Crippen LogP contribution is -2.30. The minimum Gasteiger partial charge on any atom is -0.353 e. The van der Waals surface area contributed by atoms with Gasteiger partial charge in [-0.3, -0.25) is 4.79 Å². The number of rotatable bonds is 6. The number of benzene rings is 1. The first-order chi connectivity index (χ1) is 8.83. The number of hydrogen-bond acceptors (Lipinski definition) is 2. The van der Waals surface area contributed by atoms with Crippen LogP contribution in [-0.4, -0.2) is 24.5 Å². The van der Waals surface area contributed by atoms with Gasteiger partial charge in [0.1, 0.15) is 0 Å². The maximum absolute atomic E-state index is 11.7. The molecule has 3 rings (SSSR count). The molecule has 18 heavy (non-hydrogen) atoms. The Morgan fingerprint density at radius 1 is 1.22 bits per heavy atom. The van der Waals surface area contributed by atoms with Crippen LogP contribution in [0.1, 0.15) is 37.2 Å². The zero-order valence-electron chi connectivity index (χ0n) is 10.6. The SMILES string of the molecule is O=C(CCNC1CC1)NC1CC1c1ccccc1. The molecule has 96 valence electrons. The van der Waals surface area contributed by atoms with Crippen molar-refractivity contribution >= 4 is 5.91 Å². The maximum Gasteiger partial charge on any atom is 0.221 e. The van der Waals surface area contributed by atoms with Gasteiger partial charge in [-0.15, -0.1) is 0 Å². The van der Waals surface area contributed by atoms with Gasteiger partial charge in [0.05, 0.1) is 0 Å². The molecular weight excluding hydrogens is 224 g/mol. The van der Waals surface area contributed by atoms with Gasteiger partial charge in [0.15, 0.2) is 0 Å². The number of hydrogen-bond donors (Lipinski definition) is 2. The van der Waals surface area contributed by atoms with Crippen LogP contribution < -0.4 is 10.6 Å². The molecule has 2 atom stereocenters. The molecule has 0 bridgehead atoms. The fourth-order valence-corrected chi connectivity index (χ4v) is 2.38. The van der Waals surface area contributed by atoms with Gasteiger partial charge in [-0.2, -0.15) is 0 Å². The molecule has 2 saturated carbocycles. The fourth-order valence-electron chi connectivity index (χ4n) is 2.38.